The molecule has 0 unspecified atom stereocenters. The first-order chi connectivity index (χ1) is 8.58. The van der Waals surface area contributed by atoms with Crippen molar-refractivity contribution < 1.29 is 10.0 Å². The number of nitrogens with one attached hydrogen (secondary N) is 1. The minimum atomic E-state index is -0.0668. The van der Waals surface area contributed by atoms with E-state index in [0.717, 1.165) is 4.90 Å². The summed E-state index contributed by atoms with van der Waals surface area (Å²) < 4.78 is 0. The molecule has 18 heavy (non-hydrogen) atoms. The molecular formula is C11H14ClN3O2S. The van der Waals surface area contributed by atoms with E-state index in [4.69, 9.17) is 22.5 Å². The second-order valence-electron chi connectivity index (χ2n) is 3.37. The number of carbonyl (C=O) groups excluding carboxylic acids is 1. The van der Waals surface area contributed by atoms with Crippen LogP contribution in [0.25, 0.3) is 0 Å². The van der Waals surface area contributed by atoms with E-state index in [1.807, 2.05) is 6.92 Å². The van der Waals surface area contributed by atoms with Gasteiger partial charge in [-0.2, -0.15) is 0 Å². The van der Waals surface area contributed by atoms with E-state index in [1.54, 1.807) is 18.2 Å². The molecule has 0 aliphatic rings. The summed E-state index contributed by atoms with van der Waals surface area (Å²) in [5, 5.41) is 14.8. The zero-order valence-corrected chi connectivity index (χ0v) is 11.4. The Labute approximate surface area is 114 Å². The zero-order valence-electron chi connectivity index (χ0n) is 9.81. The maximum atomic E-state index is 11.4. The third-order valence-electron chi connectivity index (χ3n) is 2.06. The normalized spacial score (nSPS) is 11.3. The van der Waals surface area contributed by atoms with Gasteiger partial charge in [-0.15, -0.1) is 11.8 Å². The van der Waals surface area contributed by atoms with Crippen LogP contribution in [0.5, 0.6) is 0 Å². The molecule has 1 amide bonds. The number of oxime groups is 1. The smallest absolute Gasteiger partial charge is 0.230 e. The Kier molecular flexibility index (Phi) is 5.80. The predicted octanol–water partition coefficient (Wildman–Crippen LogP) is 1.66. The lowest BCUT2D eigenvalue weighted by Crippen LogP contribution is -2.24. The fourth-order valence-corrected chi connectivity index (χ4v) is 2.32. The van der Waals surface area contributed by atoms with Gasteiger partial charge in [-0.25, -0.2) is 0 Å². The van der Waals surface area contributed by atoms with Gasteiger partial charge in [-0.1, -0.05) is 16.8 Å². The van der Waals surface area contributed by atoms with Gasteiger partial charge < -0.3 is 16.3 Å². The maximum absolute atomic E-state index is 11.4. The number of halogens is 1. The first kappa shape index (κ1) is 14.7. The Balaban J connectivity index is 2.85. The third-order valence-corrected chi connectivity index (χ3v) is 3.37. The number of thioether (sulfide) groups is 1. The van der Waals surface area contributed by atoms with Crippen molar-refractivity contribution in [1.29, 1.82) is 0 Å². The fourth-order valence-electron chi connectivity index (χ4n) is 1.27. The average molecular weight is 288 g/mol. The van der Waals surface area contributed by atoms with Crippen LogP contribution in [0.3, 0.4) is 0 Å². The molecule has 0 saturated carbocycles. The summed E-state index contributed by atoms with van der Waals surface area (Å²) in [4.78, 5) is 12.1. The number of nitrogens with two attached hydrogens (primary N) is 1. The highest BCUT2D eigenvalue weighted by molar-refractivity contribution is 8.00. The second kappa shape index (κ2) is 7.13. The molecule has 0 saturated heterocycles. The lowest BCUT2D eigenvalue weighted by molar-refractivity contribution is -0.118. The van der Waals surface area contributed by atoms with Gasteiger partial charge in [0, 0.05) is 22.0 Å². The molecule has 1 aromatic rings. The molecule has 5 nitrogen and oxygen atoms in total. The van der Waals surface area contributed by atoms with Crippen molar-refractivity contribution in [3.05, 3.63) is 28.8 Å². The monoisotopic (exact) mass is 287 g/mol. The quantitative estimate of drug-likeness (QED) is 0.253. The molecule has 98 valence electrons. The number of nitrogens with zero attached hydrogens (tertiary/aromatic N) is 1. The number of amides is 1. The van der Waals surface area contributed by atoms with Gasteiger partial charge in [0.15, 0.2) is 5.84 Å². The van der Waals surface area contributed by atoms with Crippen LogP contribution < -0.4 is 11.1 Å². The van der Waals surface area contributed by atoms with Gasteiger partial charge in [0.05, 0.1) is 5.75 Å². The number of hydrogen-bond acceptors (Lipinski definition) is 4. The van der Waals surface area contributed by atoms with E-state index in [-0.39, 0.29) is 17.5 Å². The van der Waals surface area contributed by atoms with Crippen LogP contribution >= 0.6 is 23.4 Å². The van der Waals surface area contributed by atoms with Gasteiger partial charge in [0.2, 0.25) is 5.91 Å². The van der Waals surface area contributed by atoms with Crippen molar-refractivity contribution in [2.45, 2.75) is 11.8 Å². The Hall–Kier alpha value is -1.40. The van der Waals surface area contributed by atoms with Gasteiger partial charge in [0.1, 0.15) is 0 Å². The molecule has 1 rings (SSSR count). The summed E-state index contributed by atoms with van der Waals surface area (Å²) >= 11 is 7.15. The maximum Gasteiger partial charge on any atom is 0.230 e. The minimum Gasteiger partial charge on any atom is -0.409 e. The lowest BCUT2D eigenvalue weighted by Gasteiger charge is -2.08. The van der Waals surface area contributed by atoms with Crippen LogP contribution in [0, 0.1) is 0 Å². The van der Waals surface area contributed by atoms with E-state index in [0.29, 0.717) is 17.1 Å². The molecule has 0 aromatic heterocycles. The van der Waals surface area contributed by atoms with Crippen LogP contribution in [0.1, 0.15) is 12.5 Å². The molecule has 4 N–H and O–H groups in total. The van der Waals surface area contributed by atoms with E-state index in [2.05, 4.69) is 10.5 Å². The van der Waals surface area contributed by atoms with Crippen molar-refractivity contribution in [1.82, 2.24) is 5.32 Å². The van der Waals surface area contributed by atoms with E-state index in [1.165, 1.54) is 11.8 Å². The van der Waals surface area contributed by atoms with Gasteiger partial charge in [-0.3, -0.25) is 4.79 Å². The lowest BCUT2D eigenvalue weighted by atomic mass is 10.2. The molecule has 0 aliphatic heterocycles. The highest BCUT2D eigenvalue weighted by atomic mass is 35.5. The summed E-state index contributed by atoms with van der Waals surface area (Å²) in [7, 11) is 0. The zero-order chi connectivity index (χ0) is 13.5. The van der Waals surface area contributed by atoms with Crippen molar-refractivity contribution in [2.75, 3.05) is 12.3 Å². The SMILES string of the molecule is CCNC(=O)CSc1ccc(Cl)cc1/C(N)=N/O. The van der Waals surface area contributed by atoms with Gasteiger partial charge >= 0.3 is 0 Å². The Morgan fingerprint density at radius 3 is 2.94 bits per heavy atom. The Bertz CT molecular complexity index is 466. The van der Waals surface area contributed by atoms with E-state index >= 15 is 0 Å². The van der Waals surface area contributed by atoms with Crippen molar-refractivity contribution >= 4 is 35.1 Å². The first-order valence-electron chi connectivity index (χ1n) is 5.25. The van der Waals surface area contributed by atoms with Crippen molar-refractivity contribution in [2.24, 2.45) is 10.9 Å². The Morgan fingerprint density at radius 2 is 2.33 bits per heavy atom. The van der Waals surface area contributed by atoms with E-state index < -0.39 is 0 Å². The number of carbonyl (C=O) groups is 1. The molecule has 0 heterocycles. The summed E-state index contributed by atoms with van der Waals surface area (Å²) in [6.07, 6.45) is 0. The molecule has 0 fully saturated rings. The third kappa shape index (κ3) is 4.12. The standard InChI is InChI=1S/C11H14ClN3O2S/c1-2-14-10(16)6-18-9-4-3-7(12)5-8(9)11(13)15-17/h3-5,17H,2,6H2,1H3,(H2,13,15)(H,14,16). The molecule has 0 bridgehead atoms. The fraction of sp³-hybridized carbons (Fsp3) is 0.273. The molecule has 1 aromatic carbocycles. The molecule has 0 aliphatic carbocycles. The van der Waals surface area contributed by atoms with Crippen LogP contribution in [-0.2, 0) is 4.79 Å². The molecule has 0 spiro atoms. The molecular weight excluding hydrogens is 274 g/mol. The van der Waals surface area contributed by atoms with Gasteiger partial charge in [0.25, 0.3) is 0 Å². The highest BCUT2D eigenvalue weighted by Gasteiger charge is 2.10. The minimum absolute atomic E-state index is 0.0316. The van der Waals surface area contributed by atoms with Crippen LogP contribution in [-0.4, -0.2) is 29.2 Å². The predicted molar refractivity (Wildman–Crippen MR) is 73.4 cm³/mol. The average Bonchev–Trinajstić information content (AvgIpc) is 2.36. The number of amidine groups is 1. The number of benzene rings is 1. The summed E-state index contributed by atoms with van der Waals surface area (Å²) in [5.41, 5.74) is 6.07. The first-order valence-corrected chi connectivity index (χ1v) is 6.61. The highest BCUT2D eigenvalue weighted by Crippen LogP contribution is 2.25. The largest absolute Gasteiger partial charge is 0.409 e. The van der Waals surface area contributed by atoms with E-state index in [9.17, 15) is 4.79 Å². The molecule has 0 radical (unpaired) electrons. The number of hydrogen-bond donors (Lipinski definition) is 3. The molecule has 7 heteroatoms. The van der Waals surface area contributed by atoms with Crippen molar-refractivity contribution in [3.63, 3.8) is 0 Å². The van der Waals surface area contributed by atoms with Crippen LogP contribution in [0.15, 0.2) is 28.3 Å². The number of rotatable bonds is 5. The topological polar surface area (TPSA) is 87.7 Å². The van der Waals surface area contributed by atoms with Gasteiger partial charge in [-0.05, 0) is 25.1 Å². The Morgan fingerprint density at radius 1 is 1.61 bits per heavy atom. The van der Waals surface area contributed by atoms with Crippen molar-refractivity contribution in [3.8, 4) is 0 Å². The van der Waals surface area contributed by atoms with Crippen LogP contribution in [0.4, 0.5) is 0 Å². The van der Waals surface area contributed by atoms with Crippen LogP contribution in [0.2, 0.25) is 5.02 Å². The summed E-state index contributed by atoms with van der Waals surface area (Å²) in [5.74, 6) is 0.167. The second-order valence-corrected chi connectivity index (χ2v) is 4.82. The summed E-state index contributed by atoms with van der Waals surface area (Å²) in [6.45, 7) is 2.44. The summed E-state index contributed by atoms with van der Waals surface area (Å²) in [6, 6.07) is 5.02. The molecule has 0 atom stereocenters.